The molecular formula is C17H22ClN5O4. The molecule has 3 rings (SSSR count). The normalized spacial score (nSPS) is 15.4. The highest BCUT2D eigenvalue weighted by molar-refractivity contribution is 5.85. The smallest absolute Gasteiger partial charge is 0.270 e. The van der Waals surface area contributed by atoms with Gasteiger partial charge < -0.3 is 15.4 Å². The zero-order chi connectivity index (χ0) is 18.6. The Balaban J connectivity index is 0.00000261. The van der Waals surface area contributed by atoms with Gasteiger partial charge in [-0.25, -0.2) is 0 Å². The summed E-state index contributed by atoms with van der Waals surface area (Å²) in [5.74, 6) is 0.339. The third-order valence-corrected chi connectivity index (χ3v) is 4.71. The average molecular weight is 396 g/mol. The van der Waals surface area contributed by atoms with Gasteiger partial charge in [-0.3, -0.25) is 19.6 Å². The molecule has 0 saturated carbocycles. The number of nitro benzene ring substituents is 1. The van der Waals surface area contributed by atoms with Gasteiger partial charge in [0.25, 0.3) is 5.69 Å². The molecule has 146 valence electrons. The summed E-state index contributed by atoms with van der Waals surface area (Å²) in [4.78, 5) is 23.6. The zero-order valence-electron chi connectivity index (χ0n) is 14.9. The van der Waals surface area contributed by atoms with Gasteiger partial charge in [-0.05, 0) is 38.1 Å². The lowest BCUT2D eigenvalue weighted by atomic mass is 9.87. The lowest BCUT2D eigenvalue weighted by molar-refractivity contribution is -0.384. The van der Waals surface area contributed by atoms with Gasteiger partial charge in [0.2, 0.25) is 5.91 Å². The van der Waals surface area contributed by atoms with Crippen molar-refractivity contribution >= 4 is 24.0 Å². The number of methoxy groups -OCH3 is 1. The number of aromatic nitrogens is 2. The SMILES string of the molecule is COc1ccc([N+](=O)[O-])cc1CNC(=O)C1(n2cccn2)CCNCC1.Cl. The lowest BCUT2D eigenvalue weighted by Gasteiger charge is -2.36. The number of nitrogens with zero attached hydrogens (tertiary/aromatic N) is 3. The number of carbonyl (C=O) groups excluding carboxylic acids is 1. The average Bonchev–Trinajstić information content (AvgIpc) is 3.21. The van der Waals surface area contributed by atoms with Crippen molar-refractivity contribution in [3.8, 4) is 5.75 Å². The Hall–Kier alpha value is -2.65. The van der Waals surface area contributed by atoms with Gasteiger partial charge in [0.1, 0.15) is 11.3 Å². The van der Waals surface area contributed by atoms with Crippen LogP contribution in [0.3, 0.4) is 0 Å². The van der Waals surface area contributed by atoms with Crippen LogP contribution in [0, 0.1) is 10.1 Å². The molecule has 0 bridgehead atoms. The summed E-state index contributed by atoms with van der Waals surface area (Å²) >= 11 is 0. The quantitative estimate of drug-likeness (QED) is 0.567. The first-order valence-corrected chi connectivity index (χ1v) is 8.37. The first-order valence-electron chi connectivity index (χ1n) is 8.37. The first-order chi connectivity index (χ1) is 12.6. The Morgan fingerprint density at radius 3 is 2.78 bits per heavy atom. The number of ether oxygens (including phenoxy) is 1. The molecule has 2 aromatic rings. The monoisotopic (exact) mass is 395 g/mol. The molecule has 0 radical (unpaired) electrons. The highest BCUT2D eigenvalue weighted by atomic mass is 35.5. The van der Waals surface area contributed by atoms with Gasteiger partial charge in [-0.15, -0.1) is 12.4 Å². The van der Waals surface area contributed by atoms with Crippen molar-refractivity contribution in [3.05, 3.63) is 52.3 Å². The molecule has 9 nitrogen and oxygen atoms in total. The number of non-ortho nitro benzene ring substituents is 1. The van der Waals surface area contributed by atoms with Crippen LogP contribution < -0.4 is 15.4 Å². The number of piperidine rings is 1. The van der Waals surface area contributed by atoms with E-state index in [1.807, 2.05) is 0 Å². The van der Waals surface area contributed by atoms with E-state index in [4.69, 9.17) is 4.74 Å². The topological polar surface area (TPSA) is 111 Å². The van der Waals surface area contributed by atoms with Crippen LogP contribution in [0.2, 0.25) is 0 Å². The van der Waals surface area contributed by atoms with E-state index in [1.54, 1.807) is 23.1 Å². The molecule has 0 unspecified atom stereocenters. The molecule has 27 heavy (non-hydrogen) atoms. The number of hydrogen-bond acceptors (Lipinski definition) is 6. The summed E-state index contributed by atoms with van der Waals surface area (Å²) in [6, 6.07) is 6.12. The highest BCUT2D eigenvalue weighted by Crippen LogP contribution is 2.28. The largest absolute Gasteiger partial charge is 0.496 e. The molecule has 1 saturated heterocycles. The van der Waals surface area contributed by atoms with E-state index in [1.165, 1.54) is 25.3 Å². The molecule has 1 aromatic heterocycles. The highest BCUT2D eigenvalue weighted by Gasteiger charge is 2.41. The van der Waals surface area contributed by atoms with Crippen molar-refractivity contribution in [2.45, 2.75) is 24.9 Å². The van der Waals surface area contributed by atoms with Crippen LogP contribution in [0.25, 0.3) is 0 Å². The predicted molar refractivity (Wildman–Crippen MR) is 101 cm³/mol. The summed E-state index contributed by atoms with van der Waals surface area (Å²) in [5.41, 5.74) is -0.249. The number of rotatable bonds is 6. The minimum absolute atomic E-state index is 0. The molecule has 0 aliphatic carbocycles. The second kappa shape index (κ2) is 8.83. The fourth-order valence-electron chi connectivity index (χ4n) is 3.28. The molecular weight excluding hydrogens is 374 g/mol. The zero-order valence-corrected chi connectivity index (χ0v) is 15.7. The van der Waals surface area contributed by atoms with Crippen molar-refractivity contribution in [3.63, 3.8) is 0 Å². The summed E-state index contributed by atoms with van der Waals surface area (Å²) < 4.78 is 6.96. The first kappa shape index (κ1) is 20.7. The molecule has 0 atom stereocenters. The standard InChI is InChI=1S/C17H21N5O4.ClH/c1-26-15-4-3-14(22(24)25)11-13(15)12-19-16(23)17(5-8-18-9-6-17)21-10-2-7-20-21;/h2-4,7,10-11,18H,5-6,8-9,12H2,1H3,(H,19,23);1H. The van der Waals surface area contributed by atoms with Gasteiger partial charge >= 0.3 is 0 Å². The van der Waals surface area contributed by atoms with E-state index in [-0.39, 0.29) is 30.5 Å². The Morgan fingerprint density at radius 1 is 1.44 bits per heavy atom. The summed E-state index contributed by atoms with van der Waals surface area (Å²) in [7, 11) is 1.49. The lowest BCUT2D eigenvalue weighted by Crippen LogP contribution is -2.54. The van der Waals surface area contributed by atoms with Gasteiger partial charge in [0, 0.05) is 36.6 Å². The number of carbonyl (C=O) groups is 1. The van der Waals surface area contributed by atoms with Crippen LogP contribution in [0.1, 0.15) is 18.4 Å². The van der Waals surface area contributed by atoms with Gasteiger partial charge in [0.05, 0.1) is 12.0 Å². The van der Waals surface area contributed by atoms with Crippen molar-refractivity contribution in [1.82, 2.24) is 20.4 Å². The van der Waals surface area contributed by atoms with E-state index in [0.29, 0.717) is 37.2 Å². The number of benzene rings is 1. The minimum atomic E-state index is -0.761. The van der Waals surface area contributed by atoms with E-state index < -0.39 is 10.5 Å². The van der Waals surface area contributed by atoms with E-state index >= 15 is 0 Å². The van der Waals surface area contributed by atoms with Gasteiger partial charge in [-0.2, -0.15) is 5.10 Å². The van der Waals surface area contributed by atoms with E-state index in [2.05, 4.69) is 15.7 Å². The Kier molecular flexibility index (Phi) is 6.75. The molecule has 1 amide bonds. The van der Waals surface area contributed by atoms with Gasteiger partial charge in [-0.1, -0.05) is 0 Å². The van der Waals surface area contributed by atoms with Crippen molar-refractivity contribution in [2.24, 2.45) is 0 Å². The maximum Gasteiger partial charge on any atom is 0.270 e. The third kappa shape index (κ3) is 4.20. The van der Waals surface area contributed by atoms with Gasteiger partial charge in [0.15, 0.2) is 0 Å². The maximum atomic E-state index is 13.0. The summed E-state index contributed by atoms with van der Waals surface area (Å²) in [6.45, 7) is 1.57. The van der Waals surface area contributed by atoms with Crippen LogP contribution in [0.5, 0.6) is 5.75 Å². The Labute approximate surface area is 162 Å². The van der Waals surface area contributed by atoms with Crippen LogP contribution in [0.4, 0.5) is 5.69 Å². The molecule has 1 aromatic carbocycles. The molecule has 1 aliphatic rings. The van der Waals surface area contributed by atoms with E-state index in [9.17, 15) is 14.9 Å². The van der Waals surface area contributed by atoms with Crippen LogP contribution in [0.15, 0.2) is 36.7 Å². The number of nitro groups is 1. The Morgan fingerprint density at radius 2 is 2.19 bits per heavy atom. The molecule has 0 spiro atoms. The summed E-state index contributed by atoms with van der Waals surface area (Å²) in [6.07, 6.45) is 4.68. The van der Waals surface area contributed by atoms with Crippen molar-refractivity contribution in [2.75, 3.05) is 20.2 Å². The second-order valence-corrected chi connectivity index (χ2v) is 6.17. The Bertz CT molecular complexity index is 791. The number of amides is 1. The molecule has 1 fully saturated rings. The van der Waals surface area contributed by atoms with Crippen molar-refractivity contribution < 1.29 is 14.5 Å². The minimum Gasteiger partial charge on any atom is -0.496 e. The van der Waals surface area contributed by atoms with Crippen LogP contribution in [-0.2, 0) is 16.9 Å². The molecule has 1 aliphatic heterocycles. The van der Waals surface area contributed by atoms with Crippen LogP contribution in [-0.4, -0.2) is 40.8 Å². The van der Waals surface area contributed by atoms with E-state index in [0.717, 1.165) is 0 Å². The molecule has 2 N–H and O–H groups in total. The molecule has 2 heterocycles. The maximum absolute atomic E-state index is 13.0. The third-order valence-electron chi connectivity index (χ3n) is 4.71. The molecule has 10 heteroatoms. The second-order valence-electron chi connectivity index (χ2n) is 6.17. The number of hydrogen-bond donors (Lipinski definition) is 2. The number of nitrogens with one attached hydrogen (secondary N) is 2. The van der Waals surface area contributed by atoms with Crippen LogP contribution >= 0.6 is 12.4 Å². The van der Waals surface area contributed by atoms with Crippen molar-refractivity contribution in [1.29, 1.82) is 0 Å². The fraction of sp³-hybridized carbons (Fsp3) is 0.412. The summed E-state index contributed by atoms with van der Waals surface area (Å²) in [5, 5.41) is 21.4. The number of halogens is 1. The fourth-order valence-corrected chi connectivity index (χ4v) is 3.28. The predicted octanol–water partition coefficient (Wildman–Crippen LogP) is 1.62.